The Balaban J connectivity index is 1.46. The lowest BCUT2D eigenvalue weighted by molar-refractivity contribution is -0.114. The van der Waals surface area contributed by atoms with Crippen molar-refractivity contribution >= 4 is 5.78 Å². The van der Waals surface area contributed by atoms with Crippen LogP contribution in [-0.2, 0) is 4.79 Å². The van der Waals surface area contributed by atoms with E-state index in [4.69, 9.17) is 0 Å². The van der Waals surface area contributed by atoms with Crippen molar-refractivity contribution in [3.63, 3.8) is 0 Å². The fraction of sp³-hybridized carbons (Fsp3) is 0.433. The molecule has 2 fully saturated rings. The highest BCUT2D eigenvalue weighted by molar-refractivity contribution is 5.93. The number of ketones is 1. The smallest absolute Gasteiger partial charge is 0.156 e. The summed E-state index contributed by atoms with van der Waals surface area (Å²) < 4.78 is 0. The van der Waals surface area contributed by atoms with Gasteiger partial charge in [0.2, 0.25) is 0 Å². The minimum atomic E-state index is -0.199. The summed E-state index contributed by atoms with van der Waals surface area (Å²) in [4.78, 5) is 12.1. The Morgan fingerprint density at radius 3 is 2.41 bits per heavy atom. The Bertz CT molecular complexity index is 1110. The third-order valence-corrected chi connectivity index (χ3v) is 9.10. The average Bonchev–Trinajstić information content (AvgIpc) is 3.13. The zero-order valence-electron chi connectivity index (χ0n) is 18.9. The minimum Gasteiger partial charge on any atom is -0.393 e. The summed E-state index contributed by atoms with van der Waals surface area (Å²) in [5.41, 5.74) is 8.25. The standard InChI is InChI=1S/C30H32O2/c1-30-18-26(21-9-7-20(8-10-21)19-5-3-2-4-6-19)29-24-14-12-23(31)17-22(24)11-13-25(29)27(30)15-16-28(30)32/h2-10,17,25-28,32H,11-16,18H2,1H3/t25?,26-,27?,28?,30?/m1/s1. The van der Waals surface area contributed by atoms with Crippen LogP contribution in [0.2, 0.25) is 0 Å². The zero-order chi connectivity index (χ0) is 21.9. The quantitative estimate of drug-likeness (QED) is 0.589. The molecule has 0 amide bonds. The predicted octanol–water partition coefficient (Wildman–Crippen LogP) is 6.61. The molecule has 1 N–H and O–H groups in total. The van der Waals surface area contributed by atoms with Crippen LogP contribution < -0.4 is 0 Å². The third kappa shape index (κ3) is 3.07. The molecule has 4 aliphatic carbocycles. The van der Waals surface area contributed by atoms with Crippen LogP contribution in [-0.4, -0.2) is 17.0 Å². The summed E-state index contributed by atoms with van der Waals surface area (Å²) in [7, 11) is 0. The van der Waals surface area contributed by atoms with Gasteiger partial charge in [-0.1, -0.05) is 67.1 Å². The first kappa shape index (κ1) is 20.2. The molecular weight excluding hydrogens is 392 g/mol. The number of hydrogen-bond acceptors (Lipinski definition) is 2. The normalized spacial score (nSPS) is 33.9. The molecular formula is C30H32O2. The van der Waals surface area contributed by atoms with Crippen LogP contribution in [0.15, 0.2) is 77.4 Å². The van der Waals surface area contributed by atoms with Gasteiger partial charge >= 0.3 is 0 Å². The Morgan fingerprint density at radius 2 is 1.62 bits per heavy atom. The summed E-state index contributed by atoms with van der Waals surface area (Å²) in [5.74, 6) is 1.75. The number of carbonyl (C=O) groups excluding carboxylic acids is 1. The van der Waals surface area contributed by atoms with E-state index in [0.29, 0.717) is 30.0 Å². The zero-order valence-corrected chi connectivity index (χ0v) is 18.9. The van der Waals surface area contributed by atoms with Crippen molar-refractivity contribution < 1.29 is 9.90 Å². The Kier molecular flexibility index (Phi) is 4.76. The summed E-state index contributed by atoms with van der Waals surface area (Å²) in [6, 6.07) is 19.7. The van der Waals surface area contributed by atoms with Gasteiger partial charge in [0.05, 0.1) is 6.10 Å². The molecule has 0 aromatic heterocycles. The number of fused-ring (bicyclic) bond motifs is 4. The van der Waals surface area contributed by atoms with Gasteiger partial charge in [-0.05, 0) is 89.7 Å². The second kappa shape index (κ2) is 7.56. The van der Waals surface area contributed by atoms with Gasteiger partial charge in [-0.15, -0.1) is 0 Å². The van der Waals surface area contributed by atoms with Crippen LogP contribution in [0.25, 0.3) is 11.1 Å². The minimum absolute atomic E-state index is 0.0107. The summed E-state index contributed by atoms with van der Waals surface area (Å²) in [6.07, 6.45) is 8.53. The van der Waals surface area contributed by atoms with Gasteiger partial charge in [0.1, 0.15) is 0 Å². The maximum Gasteiger partial charge on any atom is 0.156 e. The van der Waals surface area contributed by atoms with Gasteiger partial charge in [0, 0.05) is 12.3 Å². The number of benzene rings is 2. The molecule has 4 aliphatic rings. The van der Waals surface area contributed by atoms with E-state index >= 15 is 0 Å². The van der Waals surface area contributed by atoms with Crippen molar-refractivity contribution in [2.45, 2.75) is 63.9 Å². The molecule has 0 bridgehead atoms. The topological polar surface area (TPSA) is 37.3 Å². The molecule has 32 heavy (non-hydrogen) atoms. The van der Waals surface area contributed by atoms with Gasteiger partial charge in [0.25, 0.3) is 0 Å². The van der Waals surface area contributed by atoms with Crippen LogP contribution in [0.4, 0.5) is 0 Å². The van der Waals surface area contributed by atoms with E-state index < -0.39 is 0 Å². The van der Waals surface area contributed by atoms with Crippen molar-refractivity contribution in [3.05, 3.63) is 83.0 Å². The lowest BCUT2D eigenvalue weighted by atomic mass is 9.53. The fourth-order valence-electron chi connectivity index (χ4n) is 7.47. The maximum absolute atomic E-state index is 12.1. The monoisotopic (exact) mass is 424 g/mol. The molecule has 2 saturated carbocycles. The molecule has 0 radical (unpaired) electrons. The summed E-state index contributed by atoms with van der Waals surface area (Å²) in [5, 5.41) is 11.0. The van der Waals surface area contributed by atoms with Crippen LogP contribution in [0.3, 0.4) is 0 Å². The number of aliphatic hydroxyl groups excluding tert-OH is 1. The maximum atomic E-state index is 12.1. The third-order valence-electron chi connectivity index (χ3n) is 9.10. The van der Waals surface area contributed by atoms with E-state index in [1.807, 2.05) is 6.08 Å². The Morgan fingerprint density at radius 1 is 0.875 bits per heavy atom. The first-order valence-electron chi connectivity index (χ1n) is 12.3. The van der Waals surface area contributed by atoms with Gasteiger partial charge in [-0.3, -0.25) is 4.79 Å². The first-order valence-corrected chi connectivity index (χ1v) is 12.3. The van der Waals surface area contributed by atoms with Crippen molar-refractivity contribution in [1.29, 1.82) is 0 Å². The van der Waals surface area contributed by atoms with Crippen molar-refractivity contribution in [2.24, 2.45) is 17.3 Å². The van der Waals surface area contributed by atoms with Crippen LogP contribution >= 0.6 is 0 Å². The van der Waals surface area contributed by atoms with Crippen molar-refractivity contribution in [1.82, 2.24) is 0 Å². The summed E-state index contributed by atoms with van der Waals surface area (Å²) >= 11 is 0. The first-order chi connectivity index (χ1) is 15.5. The largest absolute Gasteiger partial charge is 0.393 e. The van der Waals surface area contributed by atoms with E-state index in [0.717, 1.165) is 38.5 Å². The van der Waals surface area contributed by atoms with Crippen LogP contribution in [0.5, 0.6) is 0 Å². The molecule has 2 aromatic carbocycles. The lowest BCUT2D eigenvalue weighted by Gasteiger charge is -2.52. The molecule has 164 valence electrons. The average molecular weight is 425 g/mol. The molecule has 0 aliphatic heterocycles. The van der Waals surface area contributed by atoms with E-state index in [2.05, 4.69) is 61.5 Å². The second-order valence-electron chi connectivity index (χ2n) is 10.7. The number of aliphatic hydroxyl groups is 1. The highest BCUT2D eigenvalue weighted by atomic mass is 16.3. The molecule has 2 aromatic rings. The molecule has 4 unspecified atom stereocenters. The predicted molar refractivity (Wildman–Crippen MR) is 128 cm³/mol. The molecule has 2 nitrogen and oxygen atoms in total. The van der Waals surface area contributed by atoms with Gasteiger partial charge in [-0.2, -0.15) is 0 Å². The molecule has 2 heteroatoms. The van der Waals surface area contributed by atoms with Crippen molar-refractivity contribution in [2.75, 3.05) is 0 Å². The number of rotatable bonds is 2. The number of hydrogen-bond donors (Lipinski definition) is 1. The SMILES string of the molecule is CC12C[C@H](c3ccc(-c4ccccc4)cc3)C3=C4CCC(=O)C=C4CCC3C1CCC2O. The molecule has 0 spiro atoms. The highest BCUT2D eigenvalue weighted by Gasteiger charge is 2.56. The van der Waals surface area contributed by atoms with Gasteiger partial charge < -0.3 is 5.11 Å². The van der Waals surface area contributed by atoms with E-state index in [1.54, 1.807) is 5.57 Å². The van der Waals surface area contributed by atoms with E-state index in [-0.39, 0.29) is 11.5 Å². The Hall–Kier alpha value is -2.45. The molecule has 6 rings (SSSR count). The van der Waals surface area contributed by atoms with Crippen LogP contribution in [0, 0.1) is 17.3 Å². The molecule has 5 atom stereocenters. The number of carbonyl (C=O) groups is 1. The second-order valence-corrected chi connectivity index (χ2v) is 10.7. The summed E-state index contributed by atoms with van der Waals surface area (Å²) in [6.45, 7) is 2.35. The van der Waals surface area contributed by atoms with Crippen molar-refractivity contribution in [3.8, 4) is 11.1 Å². The number of allylic oxidation sites excluding steroid dienone is 4. The van der Waals surface area contributed by atoms with Gasteiger partial charge in [-0.25, -0.2) is 0 Å². The lowest BCUT2D eigenvalue weighted by Crippen LogP contribution is -2.45. The van der Waals surface area contributed by atoms with E-state index in [1.165, 1.54) is 27.8 Å². The molecule has 0 saturated heterocycles. The van der Waals surface area contributed by atoms with Gasteiger partial charge in [0.15, 0.2) is 5.78 Å². The van der Waals surface area contributed by atoms with Crippen LogP contribution in [0.1, 0.15) is 63.4 Å². The fourth-order valence-corrected chi connectivity index (χ4v) is 7.47. The highest BCUT2D eigenvalue weighted by Crippen LogP contribution is 2.63. The Labute approximate surface area is 191 Å². The molecule has 0 heterocycles. The van der Waals surface area contributed by atoms with E-state index in [9.17, 15) is 9.90 Å².